The largest absolute Gasteiger partial charge is 0.487 e. The summed E-state index contributed by atoms with van der Waals surface area (Å²) < 4.78 is 7.81. The third-order valence-electron chi connectivity index (χ3n) is 5.07. The van der Waals surface area contributed by atoms with E-state index in [1.54, 1.807) is 18.7 Å². The molecule has 0 aliphatic carbocycles. The van der Waals surface area contributed by atoms with Gasteiger partial charge in [-0.25, -0.2) is 4.98 Å². The number of pyridine rings is 2. The zero-order valence-corrected chi connectivity index (χ0v) is 16.9. The molecule has 4 aromatic heterocycles. The Kier molecular flexibility index (Phi) is 4.98. The highest BCUT2D eigenvalue weighted by atomic mass is 16.5. The molecule has 1 N–H and O–H groups in total. The van der Waals surface area contributed by atoms with Gasteiger partial charge in [0.1, 0.15) is 18.1 Å². The van der Waals surface area contributed by atoms with Gasteiger partial charge in [-0.3, -0.25) is 15.1 Å². The second-order valence-electron chi connectivity index (χ2n) is 7.10. The van der Waals surface area contributed by atoms with Gasteiger partial charge in [-0.05, 0) is 54.1 Å². The van der Waals surface area contributed by atoms with E-state index in [0.717, 1.165) is 45.2 Å². The molecule has 4 heterocycles. The van der Waals surface area contributed by atoms with Gasteiger partial charge in [0.15, 0.2) is 0 Å². The van der Waals surface area contributed by atoms with Crippen molar-refractivity contribution in [2.45, 2.75) is 6.61 Å². The first-order chi connectivity index (χ1) is 15.3. The fourth-order valence-electron chi connectivity index (χ4n) is 3.37. The maximum absolute atomic E-state index is 5.87. The fourth-order valence-corrected chi connectivity index (χ4v) is 3.37. The molecule has 31 heavy (non-hydrogen) atoms. The van der Waals surface area contributed by atoms with Crippen LogP contribution in [0, 0.1) is 0 Å². The van der Waals surface area contributed by atoms with Crippen molar-refractivity contribution in [1.82, 2.24) is 29.7 Å². The molecule has 0 saturated carbocycles. The Bertz CT molecular complexity index is 1290. The number of aromatic nitrogens is 6. The van der Waals surface area contributed by atoms with Crippen LogP contribution >= 0.6 is 0 Å². The maximum Gasteiger partial charge on any atom is 0.130 e. The number of ether oxygens (including phenoxy) is 1. The number of aryl methyl sites for hydroxylation is 1. The summed E-state index contributed by atoms with van der Waals surface area (Å²) in [5, 5.41) is 7.35. The van der Waals surface area contributed by atoms with Gasteiger partial charge < -0.3 is 9.30 Å². The first-order valence-electron chi connectivity index (χ1n) is 9.88. The zero-order chi connectivity index (χ0) is 21.0. The second-order valence-corrected chi connectivity index (χ2v) is 7.10. The van der Waals surface area contributed by atoms with Gasteiger partial charge in [-0.1, -0.05) is 6.07 Å². The number of nitrogens with zero attached hydrogens (tertiary/aromatic N) is 5. The van der Waals surface area contributed by atoms with E-state index in [-0.39, 0.29) is 0 Å². The molecule has 0 amide bonds. The van der Waals surface area contributed by atoms with Gasteiger partial charge in [-0.15, -0.1) is 0 Å². The Hall–Kier alpha value is -4.26. The molecule has 0 spiro atoms. The number of aromatic amines is 1. The molecule has 0 saturated heterocycles. The van der Waals surface area contributed by atoms with Crippen LogP contribution in [-0.4, -0.2) is 29.7 Å². The molecule has 7 heteroatoms. The zero-order valence-electron chi connectivity index (χ0n) is 16.9. The van der Waals surface area contributed by atoms with Crippen molar-refractivity contribution in [2.75, 3.05) is 0 Å². The molecule has 5 rings (SSSR count). The van der Waals surface area contributed by atoms with Crippen molar-refractivity contribution in [2.24, 2.45) is 7.05 Å². The predicted octanol–water partition coefficient (Wildman–Crippen LogP) is 4.51. The predicted molar refractivity (Wildman–Crippen MR) is 118 cm³/mol. The molecule has 0 aliphatic rings. The van der Waals surface area contributed by atoms with E-state index in [2.05, 4.69) is 31.2 Å². The Balaban J connectivity index is 1.38. The third-order valence-corrected chi connectivity index (χ3v) is 5.07. The summed E-state index contributed by atoms with van der Waals surface area (Å²) in [4.78, 5) is 13.1. The highest BCUT2D eigenvalue weighted by Crippen LogP contribution is 2.31. The van der Waals surface area contributed by atoms with Crippen LogP contribution < -0.4 is 4.74 Å². The standard InChI is InChI=1S/C24H20N6O/c1-30-16-25-13-19(30)15-31-20-7-5-17(6-8-20)23-12-18(9-11-27-23)21-14-28-29-24(21)22-4-2-3-10-26-22/h2-14,16H,15H2,1H3,(H,28,29). The summed E-state index contributed by atoms with van der Waals surface area (Å²) in [6.45, 7) is 0.473. The van der Waals surface area contributed by atoms with E-state index in [1.165, 1.54) is 0 Å². The van der Waals surface area contributed by atoms with Crippen molar-refractivity contribution in [3.8, 4) is 39.5 Å². The van der Waals surface area contributed by atoms with Crippen molar-refractivity contribution in [3.05, 3.63) is 91.4 Å². The highest BCUT2D eigenvalue weighted by molar-refractivity contribution is 5.80. The van der Waals surface area contributed by atoms with E-state index in [0.29, 0.717) is 6.61 Å². The lowest BCUT2D eigenvalue weighted by Crippen LogP contribution is -2.00. The SMILES string of the molecule is Cn1cncc1COc1ccc(-c2cc(-c3c[nH]nc3-c3ccccn3)ccn2)cc1. The summed E-state index contributed by atoms with van der Waals surface area (Å²) in [6, 6.07) is 17.8. The number of benzene rings is 1. The lowest BCUT2D eigenvalue weighted by Gasteiger charge is -2.08. The van der Waals surface area contributed by atoms with Crippen molar-refractivity contribution in [1.29, 1.82) is 0 Å². The molecule has 5 aromatic rings. The van der Waals surface area contributed by atoms with E-state index in [1.807, 2.05) is 72.5 Å². The maximum atomic E-state index is 5.87. The summed E-state index contributed by atoms with van der Waals surface area (Å²) in [7, 11) is 1.95. The van der Waals surface area contributed by atoms with Crippen molar-refractivity contribution < 1.29 is 4.74 Å². The number of hydrogen-bond acceptors (Lipinski definition) is 5. The Morgan fingerprint density at radius 1 is 0.935 bits per heavy atom. The smallest absolute Gasteiger partial charge is 0.130 e. The minimum absolute atomic E-state index is 0.473. The number of hydrogen-bond donors (Lipinski definition) is 1. The van der Waals surface area contributed by atoms with Gasteiger partial charge in [-0.2, -0.15) is 5.10 Å². The molecule has 0 aliphatic heterocycles. The van der Waals surface area contributed by atoms with Gasteiger partial charge in [0.05, 0.1) is 29.6 Å². The third kappa shape index (κ3) is 3.93. The van der Waals surface area contributed by atoms with Crippen LogP contribution in [0.4, 0.5) is 0 Å². The van der Waals surface area contributed by atoms with Gasteiger partial charge in [0, 0.05) is 36.8 Å². The number of H-pyrrole nitrogens is 1. The van der Waals surface area contributed by atoms with Crippen LogP contribution in [-0.2, 0) is 13.7 Å². The average molecular weight is 408 g/mol. The molecule has 0 fully saturated rings. The van der Waals surface area contributed by atoms with Crippen molar-refractivity contribution >= 4 is 0 Å². The first kappa shape index (κ1) is 18.7. The monoisotopic (exact) mass is 408 g/mol. The van der Waals surface area contributed by atoms with Crippen LogP contribution in [0.3, 0.4) is 0 Å². The fraction of sp³-hybridized carbons (Fsp3) is 0.0833. The van der Waals surface area contributed by atoms with Crippen LogP contribution in [0.15, 0.2) is 85.7 Å². The lowest BCUT2D eigenvalue weighted by molar-refractivity contribution is 0.297. The van der Waals surface area contributed by atoms with Gasteiger partial charge in [0.2, 0.25) is 0 Å². The Morgan fingerprint density at radius 3 is 2.58 bits per heavy atom. The number of imidazole rings is 1. The van der Waals surface area contributed by atoms with Crippen LogP contribution in [0.1, 0.15) is 5.69 Å². The molecule has 0 radical (unpaired) electrons. The van der Waals surface area contributed by atoms with Crippen molar-refractivity contribution in [3.63, 3.8) is 0 Å². The molecular formula is C24H20N6O. The van der Waals surface area contributed by atoms with E-state index < -0.39 is 0 Å². The van der Waals surface area contributed by atoms with Crippen LogP contribution in [0.25, 0.3) is 33.8 Å². The van der Waals surface area contributed by atoms with Gasteiger partial charge >= 0.3 is 0 Å². The molecule has 1 aromatic carbocycles. The summed E-state index contributed by atoms with van der Waals surface area (Å²) in [5.74, 6) is 0.799. The minimum Gasteiger partial charge on any atom is -0.487 e. The molecule has 7 nitrogen and oxygen atoms in total. The average Bonchev–Trinajstić information content (AvgIpc) is 3.48. The first-order valence-corrected chi connectivity index (χ1v) is 9.88. The Labute approximate surface area is 179 Å². The van der Waals surface area contributed by atoms with Crippen LogP contribution in [0.2, 0.25) is 0 Å². The highest BCUT2D eigenvalue weighted by Gasteiger charge is 2.12. The summed E-state index contributed by atoms with van der Waals surface area (Å²) in [6.07, 6.45) is 9.04. The van der Waals surface area contributed by atoms with Gasteiger partial charge in [0.25, 0.3) is 0 Å². The summed E-state index contributed by atoms with van der Waals surface area (Å²) in [5.41, 5.74) is 6.56. The molecule has 0 unspecified atom stereocenters. The summed E-state index contributed by atoms with van der Waals surface area (Å²) >= 11 is 0. The molecule has 152 valence electrons. The second kappa shape index (κ2) is 8.23. The lowest BCUT2D eigenvalue weighted by atomic mass is 10.0. The van der Waals surface area contributed by atoms with Crippen LogP contribution in [0.5, 0.6) is 5.75 Å². The molecular weight excluding hydrogens is 388 g/mol. The van der Waals surface area contributed by atoms with E-state index in [9.17, 15) is 0 Å². The molecule has 0 bridgehead atoms. The Morgan fingerprint density at radius 2 is 1.81 bits per heavy atom. The topological polar surface area (TPSA) is 81.5 Å². The number of nitrogens with one attached hydrogen (secondary N) is 1. The molecule has 0 atom stereocenters. The number of rotatable bonds is 6. The quantitative estimate of drug-likeness (QED) is 0.447. The minimum atomic E-state index is 0.473. The van der Waals surface area contributed by atoms with E-state index in [4.69, 9.17) is 4.74 Å². The normalized spacial score (nSPS) is 10.9. The van der Waals surface area contributed by atoms with E-state index >= 15 is 0 Å².